The van der Waals surface area contributed by atoms with Gasteiger partial charge in [0, 0.05) is 5.38 Å². The highest BCUT2D eigenvalue weighted by molar-refractivity contribution is 7.13. The number of aromatic carboxylic acids is 1. The van der Waals surface area contributed by atoms with Gasteiger partial charge < -0.3 is 35.8 Å². The van der Waals surface area contributed by atoms with Gasteiger partial charge in [-0.25, -0.2) is 14.6 Å². The van der Waals surface area contributed by atoms with Gasteiger partial charge in [-0.15, -0.1) is 11.3 Å². The lowest BCUT2D eigenvalue weighted by Crippen LogP contribution is -2.54. The molecule has 0 radical (unpaired) electrons. The number of nitrogens with one attached hydrogen (secondary N) is 1. The molecule has 162 valence electrons. The van der Waals surface area contributed by atoms with Gasteiger partial charge in [0.05, 0.1) is 11.5 Å². The number of benzene rings is 1. The van der Waals surface area contributed by atoms with Crippen molar-refractivity contribution >= 4 is 47.1 Å². The lowest BCUT2D eigenvalue weighted by atomic mass is 9.72. The maximum Gasteiger partial charge on any atom is 0.547 e. The summed E-state index contributed by atoms with van der Waals surface area (Å²) >= 11 is 1.04. The molecule has 1 aliphatic rings. The number of carboxylic acids is 2. The van der Waals surface area contributed by atoms with Crippen LogP contribution >= 0.6 is 11.3 Å². The molecule has 1 unspecified atom stereocenters. The van der Waals surface area contributed by atoms with Crippen LogP contribution < -0.4 is 15.7 Å². The number of thiazole rings is 1. The highest BCUT2D eigenvalue weighted by Gasteiger charge is 2.38. The van der Waals surface area contributed by atoms with Crippen molar-refractivity contribution in [2.45, 2.75) is 25.4 Å². The lowest BCUT2D eigenvalue weighted by Gasteiger charge is -2.28. The Hall–Kier alpha value is -3.65. The number of amides is 1. The molecule has 0 saturated carbocycles. The lowest BCUT2D eigenvalue weighted by molar-refractivity contribution is -0.149. The van der Waals surface area contributed by atoms with Crippen molar-refractivity contribution in [1.29, 1.82) is 0 Å². The van der Waals surface area contributed by atoms with Crippen LogP contribution in [0.1, 0.15) is 28.5 Å². The number of carbonyl (C=O) groups is 3. The first-order valence-corrected chi connectivity index (χ1v) is 9.74. The van der Waals surface area contributed by atoms with Crippen molar-refractivity contribution < 1.29 is 39.1 Å². The maximum atomic E-state index is 12.8. The number of fused-ring (bicyclic) bond motifs is 1. The van der Waals surface area contributed by atoms with Crippen LogP contribution in [0.5, 0.6) is 5.75 Å². The van der Waals surface area contributed by atoms with Gasteiger partial charge >= 0.3 is 19.1 Å². The van der Waals surface area contributed by atoms with Gasteiger partial charge in [0.15, 0.2) is 10.8 Å². The fourth-order valence-corrected chi connectivity index (χ4v) is 3.28. The van der Waals surface area contributed by atoms with E-state index in [4.69, 9.17) is 20.3 Å². The van der Waals surface area contributed by atoms with Gasteiger partial charge in [-0.3, -0.25) is 4.79 Å². The highest BCUT2D eigenvalue weighted by Crippen LogP contribution is 2.30. The predicted octanol–water partition coefficient (Wildman–Crippen LogP) is -0.243. The van der Waals surface area contributed by atoms with E-state index in [0.29, 0.717) is 5.56 Å². The fourth-order valence-electron chi connectivity index (χ4n) is 2.73. The van der Waals surface area contributed by atoms with E-state index in [1.165, 1.54) is 24.4 Å². The number of carbonyl (C=O) groups excluding carboxylic acids is 1. The second-order valence-electron chi connectivity index (χ2n) is 6.49. The number of carboxylic acid groups (broad SMARTS) is 2. The van der Waals surface area contributed by atoms with E-state index in [-0.39, 0.29) is 34.3 Å². The van der Waals surface area contributed by atoms with Gasteiger partial charge in [0.2, 0.25) is 6.10 Å². The summed E-state index contributed by atoms with van der Waals surface area (Å²) in [6, 6.07) is 4.47. The Morgan fingerprint density at radius 1 is 1.42 bits per heavy atom. The molecule has 1 amide bonds. The number of nitrogens with two attached hydrogens (primary N) is 1. The third kappa shape index (κ3) is 4.92. The third-order valence-electron chi connectivity index (χ3n) is 4.30. The summed E-state index contributed by atoms with van der Waals surface area (Å²) in [5, 5.41) is 36.2. The Labute approximate surface area is 179 Å². The number of nitrogens with zero attached hydrogens (tertiary/aromatic N) is 2. The van der Waals surface area contributed by atoms with Gasteiger partial charge in [-0.1, -0.05) is 17.3 Å². The first-order chi connectivity index (χ1) is 14.7. The number of aromatic nitrogens is 1. The first-order valence-electron chi connectivity index (χ1n) is 8.86. The van der Waals surface area contributed by atoms with E-state index in [1.54, 1.807) is 6.07 Å². The molecule has 0 fully saturated rings. The topological polar surface area (TPSA) is 194 Å². The van der Waals surface area contributed by atoms with E-state index in [0.717, 1.165) is 11.3 Å². The minimum absolute atomic E-state index is 0.0211. The van der Waals surface area contributed by atoms with E-state index >= 15 is 0 Å². The van der Waals surface area contributed by atoms with Crippen LogP contribution in [0.25, 0.3) is 0 Å². The third-order valence-corrected chi connectivity index (χ3v) is 4.97. The smallest absolute Gasteiger partial charge is 0.534 e. The molecule has 0 spiro atoms. The molecule has 3 rings (SSSR count). The van der Waals surface area contributed by atoms with Gasteiger partial charge in [0.25, 0.3) is 5.91 Å². The molecule has 2 heterocycles. The summed E-state index contributed by atoms with van der Waals surface area (Å²) in [5.74, 6) is -4.27. The number of hydrogen-bond donors (Lipinski definition) is 5. The van der Waals surface area contributed by atoms with E-state index in [1.807, 2.05) is 0 Å². The fraction of sp³-hybridized carbons (Fsp3) is 0.235. The highest BCUT2D eigenvalue weighted by atomic mass is 32.1. The van der Waals surface area contributed by atoms with Crippen LogP contribution in [0.2, 0.25) is 0 Å². The number of hydrogen-bond acceptors (Lipinski definition) is 10. The molecule has 1 aliphatic heterocycles. The zero-order valence-electron chi connectivity index (χ0n) is 16.0. The molecular formula is C17H17BN4O8S. The van der Waals surface area contributed by atoms with Crippen LogP contribution in [0.3, 0.4) is 0 Å². The SMILES string of the molecule is CC(O/N=C(\C(=O)N[C@H]1Cc2cccc(C(=O)O)c2OB1O)c1csc(N)n1)C(=O)O. The Morgan fingerprint density at radius 3 is 2.77 bits per heavy atom. The number of aliphatic carboxylic acids is 1. The average Bonchev–Trinajstić information content (AvgIpc) is 3.13. The minimum Gasteiger partial charge on any atom is -0.534 e. The molecule has 31 heavy (non-hydrogen) atoms. The van der Waals surface area contributed by atoms with Gasteiger partial charge in [-0.05, 0) is 25.0 Å². The zero-order valence-corrected chi connectivity index (χ0v) is 16.8. The van der Waals surface area contributed by atoms with Crippen molar-refractivity contribution in [2.24, 2.45) is 5.16 Å². The number of anilines is 1. The minimum atomic E-state index is -1.54. The van der Waals surface area contributed by atoms with E-state index in [9.17, 15) is 24.5 Å². The molecule has 1 aromatic carbocycles. The molecule has 14 heteroatoms. The number of oxime groups is 1. The average molecular weight is 448 g/mol. The van der Waals surface area contributed by atoms with Crippen molar-refractivity contribution in [3.63, 3.8) is 0 Å². The Balaban J connectivity index is 1.83. The number of rotatable bonds is 7. The summed E-state index contributed by atoms with van der Waals surface area (Å²) in [5.41, 5.74) is 5.66. The monoisotopic (exact) mass is 448 g/mol. The molecule has 0 saturated heterocycles. The largest absolute Gasteiger partial charge is 0.547 e. The molecule has 2 atom stereocenters. The van der Waals surface area contributed by atoms with E-state index in [2.05, 4.69) is 15.5 Å². The second kappa shape index (κ2) is 9.01. The molecule has 0 aliphatic carbocycles. The standard InChI is InChI=1S/C17H17BN4O8S/c1-7(15(24)25)30-22-12(10-6-31-17(19)20-10)14(23)21-11-5-8-3-2-4-9(16(26)27)13(8)29-18(11)28/h2-4,6-7,11,28H,5H2,1H3,(H2,19,20)(H,21,23)(H,24,25)(H,26,27)/b22-12-/t7?,11-/m0/s1. The van der Waals surface area contributed by atoms with Crippen LogP contribution in [0, 0.1) is 0 Å². The number of para-hydroxylation sites is 1. The molecular weight excluding hydrogens is 431 g/mol. The van der Waals surface area contributed by atoms with Crippen LogP contribution in [0.4, 0.5) is 5.13 Å². The summed E-state index contributed by atoms with van der Waals surface area (Å²) < 4.78 is 5.33. The summed E-state index contributed by atoms with van der Waals surface area (Å²) in [6.07, 6.45) is -1.26. The van der Waals surface area contributed by atoms with Crippen LogP contribution in [-0.2, 0) is 20.8 Å². The Kier molecular flexibility index (Phi) is 6.41. The molecule has 6 N–H and O–H groups in total. The van der Waals surface area contributed by atoms with Crippen molar-refractivity contribution in [3.8, 4) is 5.75 Å². The molecule has 1 aromatic heterocycles. The summed E-state index contributed by atoms with van der Waals surface area (Å²) in [6.45, 7) is 1.23. The molecule has 2 aromatic rings. The second-order valence-corrected chi connectivity index (χ2v) is 7.38. The summed E-state index contributed by atoms with van der Waals surface area (Å²) in [4.78, 5) is 43.9. The molecule has 12 nitrogen and oxygen atoms in total. The van der Waals surface area contributed by atoms with Crippen LogP contribution in [0.15, 0.2) is 28.7 Å². The van der Waals surface area contributed by atoms with Crippen molar-refractivity contribution in [3.05, 3.63) is 40.4 Å². The van der Waals surface area contributed by atoms with E-state index < -0.39 is 37.0 Å². The Bertz CT molecular complexity index is 1060. The number of nitrogen functional groups attached to an aromatic ring is 1. The first kappa shape index (κ1) is 22.0. The normalized spacial score (nSPS) is 16.6. The predicted molar refractivity (Wildman–Crippen MR) is 109 cm³/mol. The summed E-state index contributed by atoms with van der Waals surface area (Å²) in [7, 11) is -1.54. The quantitative estimate of drug-likeness (QED) is 0.214. The van der Waals surface area contributed by atoms with Crippen molar-refractivity contribution in [1.82, 2.24) is 10.3 Å². The van der Waals surface area contributed by atoms with Gasteiger partial charge in [-0.2, -0.15) is 0 Å². The maximum absolute atomic E-state index is 12.8. The van der Waals surface area contributed by atoms with Gasteiger partial charge in [0.1, 0.15) is 11.4 Å². The van der Waals surface area contributed by atoms with Crippen LogP contribution in [-0.4, -0.2) is 62.9 Å². The Morgan fingerprint density at radius 2 is 2.16 bits per heavy atom. The molecule has 0 bridgehead atoms. The van der Waals surface area contributed by atoms with Crippen molar-refractivity contribution in [2.75, 3.05) is 5.73 Å². The zero-order chi connectivity index (χ0) is 22.7.